The molecule has 1 saturated heterocycles. The lowest BCUT2D eigenvalue weighted by atomic mass is 10.0. The lowest BCUT2D eigenvalue weighted by molar-refractivity contribution is 0.0725. The quantitative estimate of drug-likeness (QED) is 0.400. The summed E-state index contributed by atoms with van der Waals surface area (Å²) in [4.78, 5) is 31.4. The molecule has 1 aliphatic rings. The van der Waals surface area contributed by atoms with Crippen molar-refractivity contribution < 1.29 is 9.59 Å². The number of hydrogen-bond acceptors (Lipinski definition) is 5. The Morgan fingerprint density at radius 2 is 1.76 bits per heavy atom. The Labute approximate surface area is 200 Å². The number of anilines is 1. The number of carbonyl (C=O) groups excluding carboxylic acids is 2. The summed E-state index contributed by atoms with van der Waals surface area (Å²) in [6, 6.07) is 11.9. The predicted molar refractivity (Wildman–Crippen MR) is 136 cm³/mol. The second-order valence-corrected chi connectivity index (χ2v) is 10.5. The SMILES string of the molecule is Cc1c(-c2ccccc2)sc(NC(=O)c2cc3c(C)nn(C)c3s2)c1C(=O)N1CCCCC1. The van der Waals surface area contributed by atoms with Crippen LogP contribution in [0.25, 0.3) is 20.7 Å². The van der Waals surface area contributed by atoms with Crippen LogP contribution in [0.3, 0.4) is 0 Å². The molecule has 1 N–H and O–H groups in total. The number of nitrogens with zero attached hydrogens (tertiary/aromatic N) is 3. The van der Waals surface area contributed by atoms with E-state index < -0.39 is 0 Å². The van der Waals surface area contributed by atoms with E-state index in [1.807, 2.05) is 62.2 Å². The minimum Gasteiger partial charge on any atom is -0.339 e. The zero-order valence-electron chi connectivity index (χ0n) is 19.0. The smallest absolute Gasteiger partial charge is 0.266 e. The number of thiophene rings is 2. The average Bonchev–Trinajstić information content (AvgIpc) is 3.49. The van der Waals surface area contributed by atoms with Crippen LogP contribution in [-0.4, -0.2) is 39.6 Å². The minimum absolute atomic E-state index is 0.0114. The summed E-state index contributed by atoms with van der Waals surface area (Å²) in [5.74, 6) is -0.179. The van der Waals surface area contributed by atoms with Crippen molar-refractivity contribution >= 4 is 49.7 Å². The topological polar surface area (TPSA) is 67.2 Å². The maximum atomic E-state index is 13.6. The molecule has 0 radical (unpaired) electrons. The van der Waals surface area contributed by atoms with E-state index in [1.165, 1.54) is 22.7 Å². The Balaban J connectivity index is 1.53. The summed E-state index contributed by atoms with van der Waals surface area (Å²) in [7, 11) is 1.89. The molecule has 1 fully saturated rings. The molecule has 170 valence electrons. The summed E-state index contributed by atoms with van der Waals surface area (Å²) < 4.78 is 1.81. The molecule has 0 bridgehead atoms. The van der Waals surface area contributed by atoms with E-state index in [4.69, 9.17) is 0 Å². The van der Waals surface area contributed by atoms with E-state index in [-0.39, 0.29) is 11.8 Å². The van der Waals surface area contributed by atoms with Gasteiger partial charge in [-0.3, -0.25) is 14.3 Å². The number of aryl methyl sites for hydroxylation is 2. The number of fused-ring (bicyclic) bond motifs is 1. The molecular weight excluding hydrogens is 452 g/mol. The second kappa shape index (κ2) is 8.76. The average molecular weight is 479 g/mol. The van der Waals surface area contributed by atoms with Crippen molar-refractivity contribution in [1.29, 1.82) is 0 Å². The molecule has 2 amide bonds. The van der Waals surface area contributed by atoms with Gasteiger partial charge in [-0.25, -0.2) is 0 Å². The van der Waals surface area contributed by atoms with Crippen LogP contribution >= 0.6 is 22.7 Å². The van der Waals surface area contributed by atoms with E-state index in [9.17, 15) is 9.59 Å². The normalized spacial score (nSPS) is 14.1. The molecule has 4 aromatic rings. The second-order valence-electron chi connectivity index (χ2n) is 8.47. The van der Waals surface area contributed by atoms with Gasteiger partial charge in [-0.15, -0.1) is 22.7 Å². The summed E-state index contributed by atoms with van der Waals surface area (Å²) in [5, 5.41) is 9.11. The molecule has 6 nitrogen and oxygen atoms in total. The highest BCUT2D eigenvalue weighted by Crippen LogP contribution is 2.41. The standard InChI is InChI=1S/C25H26N4O2S2/c1-15-20(24(31)29-12-8-5-9-13-29)23(33-21(15)17-10-6-4-7-11-17)26-22(30)19-14-18-16(2)27-28(3)25(18)32-19/h4,6-7,10-11,14H,5,8-9,12-13H2,1-3H3,(H,26,30). The molecule has 0 spiro atoms. The highest BCUT2D eigenvalue weighted by atomic mass is 32.1. The zero-order chi connectivity index (χ0) is 23.1. The number of rotatable bonds is 4. The van der Waals surface area contributed by atoms with Crippen molar-refractivity contribution in [2.75, 3.05) is 18.4 Å². The monoisotopic (exact) mass is 478 g/mol. The molecule has 3 aromatic heterocycles. The molecule has 1 aromatic carbocycles. The molecule has 0 unspecified atom stereocenters. The van der Waals surface area contributed by atoms with Gasteiger partial charge >= 0.3 is 0 Å². The number of carbonyl (C=O) groups is 2. The van der Waals surface area contributed by atoms with Gasteiger partial charge in [-0.05, 0) is 50.3 Å². The lowest BCUT2D eigenvalue weighted by Crippen LogP contribution is -2.36. The molecule has 33 heavy (non-hydrogen) atoms. The van der Waals surface area contributed by atoms with Crippen molar-refractivity contribution in [3.8, 4) is 10.4 Å². The summed E-state index contributed by atoms with van der Waals surface area (Å²) in [6.45, 7) is 5.47. The summed E-state index contributed by atoms with van der Waals surface area (Å²) >= 11 is 2.90. The molecule has 0 aliphatic carbocycles. The maximum Gasteiger partial charge on any atom is 0.266 e. The number of aromatic nitrogens is 2. The number of benzene rings is 1. The lowest BCUT2D eigenvalue weighted by Gasteiger charge is -2.27. The molecule has 4 heterocycles. The van der Waals surface area contributed by atoms with Gasteiger partial charge < -0.3 is 10.2 Å². The van der Waals surface area contributed by atoms with Crippen molar-refractivity contribution in [3.05, 3.63) is 58.1 Å². The molecule has 1 aliphatic heterocycles. The van der Waals surface area contributed by atoms with Crippen LogP contribution in [0.1, 0.15) is 50.5 Å². The van der Waals surface area contributed by atoms with E-state index >= 15 is 0 Å². The Bertz CT molecular complexity index is 1310. The molecule has 0 atom stereocenters. The fourth-order valence-electron chi connectivity index (χ4n) is 4.46. The first-order valence-corrected chi connectivity index (χ1v) is 12.8. The van der Waals surface area contributed by atoms with Crippen LogP contribution in [0.5, 0.6) is 0 Å². The van der Waals surface area contributed by atoms with Crippen LogP contribution in [0.15, 0.2) is 36.4 Å². The Kier molecular flexibility index (Phi) is 5.80. The predicted octanol–water partition coefficient (Wildman–Crippen LogP) is 5.86. The molecule has 0 saturated carbocycles. The number of piperidine rings is 1. The van der Waals surface area contributed by atoms with E-state index in [0.29, 0.717) is 15.4 Å². The minimum atomic E-state index is -0.191. The molecule has 8 heteroatoms. The van der Waals surface area contributed by atoms with Crippen LogP contribution in [0.2, 0.25) is 0 Å². The van der Waals surface area contributed by atoms with Gasteiger partial charge in [0, 0.05) is 30.4 Å². The van der Waals surface area contributed by atoms with Crippen molar-refractivity contribution in [2.45, 2.75) is 33.1 Å². The van der Waals surface area contributed by atoms with E-state index in [2.05, 4.69) is 10.4 Å². The first kappa shape index (κ1) is 21.9. The largest absolute Gasteiger partial charge is 0.339 e. The van der Waals surface area contributed by atoms with Crippen LogP contribution < -0.4 is 5.32 Å². The zero-order valence-corrected chi connectivity index (χ0v) is 20.6. The fourth-order valence-corrected chi connectivity index (χ4v) is 6.68. The van der Waals surface area contributed by atoms with Gasteiger partial charge in [-0.2, -0.15) is 5.10 Å². The summed E-state index contributed by atoms with van der Waals surface area (Å²) in [5.41, 5.74) is 3.50. The Hall–Kier alpha value is -2.97. The third kappa shape index (κ3) is 3.98. The van der Waals surface area contributed by atoms with Crippen LogP contribution in [-0.2, 0) is 7.05 Å². The summed E-state index contributed by atoms with van der Waals surface area (Å²) in [6.07, 6.45) is 3.21. The van der Waals surface area contributed by atoms with Crippen LogP contribution in [0, 0.1) is 13.8 Å². The van der Waals surface area contributed by atoms with Crippen molar-refractivity contribution in [1.82, 2.24) is 14.7 Å². The van der Waals surface area contributed by atoms with Gasteiger partial charge in [0.2, 0.25) is 0 Å². The highest BCUT2D eigenvalue weighted by molar-refractivity contribution is 7.21. The third-order valence-corrected chi connectivity index (χ3v) is 8.64. The van der Waals surface area contributed by atoms with Crippen LogP contribution in [0.4, 0.5) is 5.00 Å². The Morgan fingerprint density at radius 3 is 2.45 bits per heavy atom. The highest BCUT2D eigenvalue weighted by Gasteiger charge is 2.28. The van der Waals surface area contributed by atoms with Gasteiger partial charge in [0.15, 0.2) is 0 Å². The first-order valence-electron chi connectivity index (χ1n) is 11.2. The van der Waals surface area contributed by atoms with Gasteiger partial charge in [0.25, 0.3) is 11.8 Å². The number of amides is 2. The third-order valence-electron chi connectivity index (χ3n) is 6.19. The maximum absolute atomic E-state index is 13.6. The van der Waals surface area contributed by atoms with Gasteiger partial charge in [0.1, 0.15) is 9.83 Å². The number of likely N-dealkylation sites (tertiary alicyclic amines) is 1. The van der Waals surface area contributed by atoms with E-state index in [0.717, 1.165) is 64.3 Å². The molecule has 5 rings (SSSR count). The Morgan fingerprint density at radius 1 is 1.03 bits per heavy atom. The van der Waals surface area contributed by atoms with Crippen molar-refractivity contribution in [3.63, 3.8) is 0 Å². The van der Waals surface area contributed by atoms with Crippen molar-refractivity contribution in [2.24, 2.45) is 7.05 Å². The first-order chi connectivity index (χ1) is 15.9. The number of hydrogen-bond donors (Lipinski definition) is 1. The molecular formula is C25H26N4O2S2. The number of nitrogens with one attached hydrogen (secondary N) is 1. The van der Waals surface area contributed by atoms with Gasteiger partial charge in [-0.1, -0.05) is 30.3 Å². The van der Waals surface area contributed by atoms with Gasteiger partial charge in [0.05, 0.1) is 16.1 Å². The van der Waals surface area contributed by atoms with E-state index in [1.54, 1.807) is 4.68 Å². The fraction of sp³-hybridized carbons (Fsp3) is 0.320.